The topological polar surface area (TPSA) is 54.0 Å². The normalized spacial score (nSPS) is 10.7. The molecule has 0 fully saturated rings. The number of halogens is 1. The number of hydrogen-bond donors (Lipinski definition) is 2. The molecular weight excluding hydrogens is 310 g/mol. The van der Waals surface area contributed by atoms with Gasteiger partial charge in [0.05, 0.1) is 10.7 Å². The van der Waals surface area contributed by atoms with Crippen molar-refractivity contribution in [2.24, 2.45) is 5.92 Å². The Morgan fingerprint density at radius 2 is 2.00 bits per heavy atom. The summed E-state index contributed by atoms with van der Waals surface area (Å²) >= 11 is 6.31. The van der Waals surface area contributed by atoms with Crippen LogP contribution in [0.3, 0.4) is 0 Å². The molecule has 0 radical (unpaired) electrons. The lowest BCUT2D eigenvalue weighted by molar-refractivity contribution is 0.0944. The highest BCUT2D eigenvalue weighted by Crippen LogP contribution is 2.30. The molecular formula is C18H22ClN3O. The molecule has 1 aromatic carbocycles. The van der Waals surface area contributed by atoms with Crippen molar-refractivity contribution in [3.05, 3.63) is 52.3 Å². The monoisotopic (exact) mass is 331 g/mol. The standard InChI is InChI=1S/C18H22ClN3O/c1-11(2)10-21-18(23)16-9-14(5-6-20-16)22-17-13(4)7-12(3)8-15(17)19/h5-9,11H,10H2,1-4H3,(H,20,22)(H,21,23). The summed E-state index contributed by atoms with van der Waals surface area (Å²) in [5, 5.41) is 6.80. The molecule has 0 spiro atoms. The van der Waals surface area contributed by atoms with E-state index in [0.29, 0.717) is 23.2 Å². The number of nitrogens with one attached hydrogen (secondary N) is 2. The van der Waals surface area contributed by atoms with Gasteiger partial charge in [0.15, 0.2) is 0 Å². The van der Waals surface area contributed by atoms with Crippen molar-refractivity contribution in [3.63, 3.8) is 0 Å². The van der Waals surface area contributed by atoms with Gasteiger partial charge in [-0.25, -0.2) is 0 Å². The quantitative estimate of drug-likeness (QED) is 0.849. The number of benzene rings is 1. The van der Waals surface area contributed by atoms with Crippen LogP contribution in [-0.4, -0.2) is 17.4 Å². The maximum atomic E-state index is 12.1. The summed E-state index contributed by atoms with van der Waals surface area (Å²) in [6.07, 6.45) is 1.62. The van der Waals surface area contributed by atoms with E-state index in [1.807, 2.05) is 39.8 Å². The van der Waals surface area contributed by atoms with Crippen LogP contribution in [0.2, 0.25) is 5.02 Å². The molecule has 1 aromatic heterocycles. The fourth-order valence-corrected chi connectivity index (χ4v) is 2.61. The van der Waals surface area contributed by atoms with Crippen LogP contribution in [0, 0.1) is 19.8 Å². The van der Waals surface area contributed by atoms with Gasteiger partial charge < -0.3 is 10.6 Å². The van der Waals surface area contributed by atoms with Crippen molar-refractivity contribution in [2.75, 3.05) is 11.9 Å². The highest BCUT2D eigenvalue weighted by atomic mass is 35.5. The van der Waals surface area contributed by atoms with Crippen LogP contribution in [0.15, 0.2) is 30.5 Å². The first-order chi connectivity index (χ1) is 10.9. The number of aromatic nitrogens is 1. The fraction of sp³-hybridized carbons (Fsp3) is 0.333. The molecule has 0 atom stereocenters. The van der Waals surface area contributed by atoms with Gasteiger partial charge in [0.25, 0.3) is 5.91 Å². The zero-order valence-corrected chi connectivity index (χ0v) is 14.7. The van der Waals surface area contributed by atoms with E-state index < -0.39 is 0 Å². The molecule has 0 unspecified atom stereocenters. The highest BCUT2D eigenvalue weighted by Gasteiger charge is 2.10. The van der Waals surface area contributed by atoms with Crippen molar-refractivity contribution in [1.29, 1.82) is 0 Å². The van der Waals surface area contributed by atoms with Gasteiger partial charge in [0.2, 0.25) is 0 Å². The minimum atomic E-state index is -0.172. The number of hydrogen-bond acceptors (Lipinski definition) is 3. The Bertz CT molecular complexity index is 690. The molecule has 0 saturated heterocycles. The largest absolute Gasteiger partial charge is 0.354 e. The summed E-state index contributed by atoms with van der Waals surface area (Å²) in [6.45, 7) is 8.73. The number of nitrogens with zero attached hydrogens (tertiary/aromatic N) is 1. The van der Waals surface area contributed by atoms with E-state index in [1.54, 1.807) is 12.3 Å². The first-order valence-corrected chi connectivity index (χ1v) is 8.02. The maximum absolute atomic E-state index is 12.1. The predicted octanol–water partition coefficient (Wildman–Crippen LogP) is 4.48. The molecule has 0 bridgehead atoms. The van der Waals surface area contributed by atoms with Crippen LogP contribution in [0.4, 0.5) is 11.4 Å². The number of pyridine rings is 1. The van der Waals surface area contributed by atoms with Gasteiger partial charge in [-0.1, -0.05) is 31.5 Å². The Morgan fingerprint density at radius 3 is 2.65 bits per heavy atom. The van der Waals surface area contributed by atoms with E-state index in [-0.39, 0.29) is 5.91 Å². The Labute approximate surface area is 142 Å². The number of carbonyl (C=O) groups is 1. The molecule has 0 aliphatic rings. The number of anilines is 2. The highest BCUT2D eigenvalue weighted by molar-refractivity contribution is 6.33. The Morgan fingerprint density at radius 1 is 1.26 bits per heavy atom. The average molecular weight is 332 g/mol. The third kappa shape index (κ3) is 4.70. The van der Waals surface area contributed by atoms with Gasteiger partial charge >= 0.3 is 0 Å². The summed E-state index contributed by atoms with van der Waals surface area (Å²) < 4.78 is 0. The molecule has 2 rings (SSSR count). The summed E-state index contributed by atoms with van der Waals surface area (Å²) in [5.41, 5.74) is 4.18. The second-order valence-electron chi connectivity index (χ2n) is 6.10. The van der Waals surface area contributed by atoms with Crippen LogP contribution >= 0.6 is 11.6 Å². The SMILES string of the molecule is Cc1cc(C)c(Nc2ccnc(C(=O)NCC(C)C)c2)c(Cl)c1. The molecule has 2 N–H and O–H groups in total. The van der Waals surface area contributed by atoms with Crippen LogP contribution in [0.25, 0.3) is 0 Å². The minimum absolute atomic E-state index is 0.172. The summed E-state index contributed by atoms with van der Waals surface area (Å²) in [7, 11) is 0. The third-order valence-corrected chi connectivity index (χ3v) is 3.66. The van der Waals surface area contributed by atoms with Gasteiger partial charge in [-0.3, -0.25) is 9.78 Å². The number of carbonyl (C=O) groups excluding carboxylic acids is 1. The predicted molar refractivity (Wildman–Crippen MR) is 95.6 cm³/mol. The lowest BCUT2D eigenvalue weighted by Crippen LogP contribution is -2.28. The molecule has 0 aliphatic carbocycles. The molecule has 2 aromatic rings. The van der Waals surface area contributed by atoms with Gasteiger partial charge in [0.1, 0.15) is 5.69 Å². The Hall–Kier alpha value is -2.07. The zero-order valence-electron chi connectivity index (χ0n) is 13.9. The van der Waals surface area contributed by atoms with E-state index in [4.69, 9.17) is 11.6 Å². The second kappa shape index (κ2) is 7.47. The lowest BCUT2D eigenvalue weighted by atomic mass is 10.1. The Balaban J connectivity index is 2.19. The molecule has 1 amide bonds. The summed E-state index contributed by atoms with van der Waals surface area (Å²) in [5.74, 6) is 0.225. The number of amides is 1. The van der Waals surface area contributed by atoms with Crippen molar-refractivity contribution >= 4 is 28.9 Å². The minimum Gasteiger partial charge on any atom is -0.354 e. The van der Waals surface area contributed by atoms with Crippen molar-refractivity contribution in [3.8, 4) is 0 Å². The second-order valence-corrected chi connectivity index (χ2v) is 6.50. The molecule has 5 heteroatoms. The van der Waals surface area contributed by atoms with Gasteiger partial charge in [0, 0.05) is 18.4 Å². The van der Waals surface area contributed by atoms with Crippen molar-refractivity contribution in [2.45, 2.75) is 27.7 Å². The Kier molecular flexibility index (Phi) is 5.61. The number of aryl methyl sites for hydroxylation is 2. The molecule has 0 saturated carbocycles. The van der Waals surface area contributed by atoms with Crippen LogP contribution in [-0.2, 0) is 0 Å². The molecule has 23 heavy (non-hydrogen) atoms. The molecule has 1 heterocycles. The van der Waals surface area contributed by atoms with E-state index in [9.17, 15) is 4.79 Å². The van der Waals surface area contributed by atoms with E-state index in [2.05, 4.69) is 21.7 Å². The van der Waals surface area contributed by atoms with Crippen LogP contribution < -0.4 is 10.6 Å². The first-order valence-electron chi connectivity index (χ1n) is 7.65. The fourth-order valence-electron chi connectivity index (χ4n) is 2.24. The van der Waals surface area contributed by atoms with Crippen LogP contribution in [0.5, 0.6) is 0 Å². The smallest absolute Gasteiger partial charge is 0.269 e. The molecule has 4 nitrogen and oxygen atoms in total. The summed E-state index contributed by atoms with van der Waals surface area (Å²) in [6, 6.07) is 7.51. The van der Waals surface area contributed by atoms with Gasteiger partial charge in [-0.15, -0.1) is 0 Å². The zero-order chi connectivity index (χ0) is 17.0. The molecule has 0 aliphatic heterocycles. The van der Waals surface area contributed by atoms with Gasteiger partial charge in [-0.2, -0.15) is 0 Å². The third-order valence-electron chi connectivity index (χ3n) is 3.36. The van der Waals surface area contributed by atoms with Crippen LogP contribution in [0.1, 0.15) is 35.5 Å². The molecule has 122 valence electrons. The summed E-state index contributed by atoms with van der Waals surface area (Å²) in [4.78, 5) is 16.2. The van der Waals surface area contributed by atoms with Crippen molar-refractivity contribution in [1.82, 2.24) is 10.3 Å². The maximum Gasteiger partial charge on any atom is 0.269 e. The van der Waals surface area contributed by atoms with E-state index in [1.165, 1.54) is 0 Å². The average Bonchev–Trinajstić information content (AvgIpc) is 2.48. The van der Waals surface area contributed by atoms with E-state index in [0.717, 1.165) is 22.5 Å². The van der Waals surface area contributed by atoms with E-state index >= 15 is 0 Å². The van der Waals surface area contributed by atoms with Gasteiger partial charge in [-0.05, 0) is 49.1 Å². The number of rotatable bonds is 5. The lowest BCUT2D eigenvalue weighted by Gasteiger charge is -2.13. The van der Waals surface area contributed by atoms with Crippen molar-refractivity contribution < 1.29 is 4.79 Å². The first kappa shape index (κ1) is 17.3.